The molecule has 1 unspecified atom stereocenters. The zero-order chi connectivity index (χ0) is 14.0. The molecule has 0 saturated carbocycles. The zero-order valence-corrected chi connectivity index (χ0v) is 9.91. The fourth-order valence-electron chi connectivity index (χ4n) is 1.62. The lowest BCUT2D eigenvalue weighted by Gasteiger charge is -2.31. The lowest BCUT2D eigenvalue weighted by molar-refractivity contribution is -0.262. The summed E-state index contributed by atoms with van der Waals surface area (Å²) in [4.78, 5) is 0. The van der Waals surface area contributed by atoms with Gasteiger partial charge in [0.1, 0.15) is 11.5 Å². The minimum atomic E-state index is -4.94. The van der Waals surface area contributed by atoms with Gasteiger partial charge in [0.2, 0.25) is 5.60 Å². The second-order valence-corrected chi connectivity index (χ2v) is 3.60. The minimum absolute atomic E-state index is 0.139. The molecule has 0 spiro atoms. The molecule has 0 fully saturated rings. The minimum Gasteiger partial charge on any atom is -0.496 e. The van der Waals surface area contributed by atoms with E-state index in [4.69, 9.17) is 15.2 Å². The molecule has 7 heteroatoms. The lowest BCUT2D eigenvalue weighted by Crippen LogP contribution is -2.48. The topological polar surface area (TPSA) is 64.7 Å². The molecule has 0 amide bonds. The number of aliphatic hydroxyl groups is 1. The molecule has 0 aliphatic rings. The summed E-state index contributed by atoms with van der Waals surface area (Å²) in [5, 5.41) is 9.84. The Bertz CT molecular complexity index is 400. The molecule has 4 nitrogen and oxygen atoms in total. The van der Waals surface area contributed by atoms with Gasteiger partial charge in [0.05, 0.1) is 19.8 Å². The maximum Gasteiger partial charge on any atom is 0.423 e. The van der Waals surface area contributed by atoms with Gasteiger partial charge in [-0.05, 0) is 12.1 Å². The monoisotopic (exact) mass is 265 g/mol. The molecule has 0 bridgehead atoms. The maximum absolute atomic E-state index is 13.0. The summed E-state index contributed by atoms with van der Waals surface area (Å²) in [6.07, 6.45) is -4.94. The van der Waals surface area contributed by atoms with Gasteiger partial charge in [-0.3, -0.25) is 0 Å². The van der Waals surface area contributed by atoms with Crippen LogP contribution < -0.4 is 15.2 Å². The highest BCUT2D eigenvalue weighted by molar-refractivity contribution is 5.49. The van der Waals surface area contributed by atoms with E-state index < -0.39 is 23.9 Å². The molecule has 1 aromatic carbocycles. The Labute approximate surface area is 102 Å². The third-order valence-corrected chi connectivity index (χ3v) is 2.61. The number of nitrogens with two attached hydrogens (primary N) is 1. The van der Waals surface area contributed by atoms with E-state index in [1.807, 2.05) is 0 Å². The fraction of sp³-hybridized carbons (Fsp3) is 0.455. The third-order valence-electron chi connectivity index (χ3n) is 2.61. The number of hydrogen-bond acceptors (Lipinski definition) is 4. The van der Waals surface area contributed by atoms with Crippen LogP contribution in [0.15, 0.2) is 18.2 Å². The van der Waals surface area contributed by atoms with E-state index in [2.05, 4.69) is 0 Å². The molecule has 0 saturated heterocycles. The molecule has 1 aromatic rings. The summed E-state index contributed by atoms with van der Waals surface area (Å²) < 4.78 is 48.6. The molecule has 3 N–H and O–H groups in total. The van der Waals surface area contributed by atoms with Gasteiger partial charge >= 0.3 is 6.18 Å². The van der Waals surface area contributed by atoms with E-state index in [-0.39, 0.29) is 11.5 Å². The van der Waals surface area contributed by atoms with Crippen molar-refractivity contribution in [1.29, 1.82) is 0 Å². The van der Waals surface area contributed by atoms with Gasteiger partial charge in [0.15, 0.2) is 0 Å². The number of benzene rings is 1. The predicted octanol–water partition coefficient (Wildman–Crippen LogP) is 1.41. The Balaban J connectivity index is 3.55. The quantitative estimate of drug-likeness (QED) is 0.864. The average molecular weight is 265 g/mol. The Kier molecular flexibility index (Phi) is 4.08. The van der Waals surface area contributed by atoms with E-state index in [1.165, 1.54) is 32.4 Å². The number of hydrogen-bond donors (Lipinski definition) is 2. The van der Waals surface area contributed by atoms with Crippen LogP contribution in [0.5, 0.6) is 11.5 Å². The van der Waals surface area contributed by atoms with Gasteiger partial charge in [-0.25, -0.2) is 0 Å². The van der Waals surface area contributed by atoms with E-state index in [1.54, 1.807) is 0 Å². The molecule has 1 rings (SSSR count). The standard InChI is InChI=1S/C11H14F3NO3/c1-17-7-4-3-5-8(18-2)9(7)10(16,6-15)11(12,13)14/h3-5,16H,6,15H2,1-2H3. The smallest absolute Gasteiger partial charge is 0.423 e. The van der Waals surface area contributed by atoms with Crippen molar-refractivity contribution in [2.24, 2.45) is 5.73 Å². The first-order valence-corrected chi connectivity index (χ1v) is 5.02. The normalized spacial score (nSPS) is 15.1. The third kappa shape index (κ3) is 2.23. The fourth-order valence-corrected chi connectivity index (χ4v) is 1.62. The molecular weight excluding hydrogens is 251 g/mol. The van der Waals surface area contributed by atoms with Crippen molar-refractivity contribution in [3.05, 3.63) is 23.8 Å². The average Bonchev–Trinajstić information content (AvgIpc) is 2.35. The van der Waals surface area contributed by atoms with Gasteiger partial charge in [-0.1, -0.05) is 6.07 Å². The number of methoxy groups -OCH3 is 2. The lowest BCUT2D eigenvalue weighted by atomic mass is 9.91. The second kappa shape index (κ2) is 5.03. The van der Waals surface area contributed by atoms with Crippen LogP contribution in [0, 0.1) is 0 Å². The Morgan fingerprint density at radius 1 is 1.17 bits per heavy atom. The predicted molar refractivity (Wildman–Crippen MR) is 58.6 cm³/mol. The molecular formula is C11H14F3NO3. The van der Waals surface area contributed by atoms with Crippen LogP contribution in [0.1, 0.15) is 5.56 Å². The van der Waals surface area contributed by atoms with Gasteiger partial charge in [-0.2, -0.15) is 13.2 Å². The van der Waals surface area contributed by atoms with Crippen molar-refractivity contribution in [1.82, 2.24) is 0 Å². The van der Waals surface area contributed by atoms with Crippen LogP contribution in [0.2, 0.25) is 0 Å². The van der Waals surface area contributed by atoms with E-state index in [0.29, 0.717) is 0 Å². The molecule has 0 radical (unpaired) electrons. The van der Waals surface area contributed by atoms with Crippen molar-refractivity contribution < 1.29 is 27.8 Å². The van der Waals surface area contributed by atoms with Crippen LogP contribution >= 0.6 is 0 Å². The molecule has 0 aliphatic carbocycles. The van der Waals surface area contributed by atoms with Crippen LogP contribution in [-0.2, 0) is 5.60 Å². The summed E-state index contributed by atoms with van der Waals surface area (Å²) in [7, 11) is 2.40. The zero-order valence-electron chi connectivity index (χ0n) is 9.91. The van der Waals surface area contributed by atoms with Crippen LogP contribution in [0.3, 0.4) is 0 Å². The first-order chi connectivity index (χ1) is 8.31. The number of halogens is 3. The molecule has 0 heterocycles. The summed E-state index contributed by atoms with van der Waals surface area (Å²) in [6.45, 7) is -1.03. The highest BCUT2D eigenvalue weighted by atomic mass is 19.4. The molecule has 1 atom stereocenters. The first-order valence-electron chi connectivity index (χ1n) is 5.02. The van der Waals surface area contributed by atoms with Crippen molar-refractivity contribution in [2.45, 2.75) is 11.8 Å². The highest BCUT2D eigenvalue weighted by Crippen LogP contribution is 2.46. The summed E-state index contributed by atoms with van der Waals surface area (Å²) >= 11 is 0. The molecule has 0 aromatic heterocycles. The van der Waals surface area contributed by atoms with E-state index in [0.717, 1.165) is 0 Å². The van der Waals surface area contributed by atoms with Crippen LogP contribution in [0.25, 0.3) is 0 Å². The van der Waals surface area contributed by atoms with Gasteiger partial charge in [0, 0.05) is 6.54 Å². The Morgan fingerprint density at radius 2 is 1.61 bits per heavy atom. The number of ether oxygens (including phenoxy) is 2. The number of alkyl halides is 3. The van der Waals surface area contributed by atoms with Crippen molar-refractivity contribution >= 4 is 0 Å². The maximum atomic E-state index is 13.0. The Hall–Kier alpha value is -1.47. The largest absolute Gasteiger partial charge is 0.496 e. The summed E-state index contributed by atoms with van der Waals surface area (Å²) in [5.41, 5.74) is 1.35. The van der Waals surface area contributed by atoms with Crippen molar-refractivity contribution in [3.8, 4) is 11.5 Å². The van der Waals surface area contributed by atoms with E-state index in [9.17, 15) is 18.3 Å². The highest BCUT2D eigenvalue weighted by Gasteiger charge is 2.56. The molecule has 18 heavy (non-hydrogen) atoms. The van der Waals surface area contributed by atoms with Crippen LogP contribution in [-0.4, -0.2) is 32.0 Å². The van der Waals surface area contributed by atoms with Gasteiger partial charge < -0.3 is 20.3 Å². The number of rotatable bonds is 4. The molecule has 0 aliphatic heterocycles. The Morgan fingerprint density at radius 3 is 1.89 bits per heavy atom. The summed E-state index contributed by atoms with van der Waals surface area (Å²) in [6, 6.07) is 4.04. The van der Waals surface area contributed by atoms with Crippen molar-refractivity contribution in [2.75, 3.05) is 20.8 Å². The van der Waals surface area contributed by atoms with Crippen LogP contribution in [0.4, 0.5) is 13.2 Å². The SMILES string of the molecule is COc1cccc(OC)c1C(O)(CN)C(F)(F)F. The molecule has 102 valence electrons. The first kappa shape index (κ1) is 14.6. The van der Waals surface area contributed by atoms with Gasteiger partial charge in [0.25, 0.3) is 0 Å². The van der Waals surface area contributed by atoms with E-state index >= 15 is 0 Å². The van der Waals surface area contributed by atoms with Crippen molar-refractivity contribution in [3.63, 3.8) is 0 Å². The summed E-state index contributed by atoms with van der Waals surface area (Å²) in [5.74, 6) is -0.278. The van der Waals surface area contributed by atoms with Gasteiger partial charge in [-0.15, -0.1) is 0 Å². The second-order valence-electron chi connectivity index (χ2n) is 3.60.